The van der Waals surface area contributed by atoms with Crippen molar-refractivity contribution in [3.63, 3.8) is 0 Å². The number of carbonyl (C=O) groups is 1. The van der Waals surface area contributed by atoms with E-state index in [1.54, 1.807) is 4.80 Å². The molecule has 1 amide bonds. The van der Waals surface area contributed by atoms with Crippen molar-refractivity contribution in [2.24, 2.45) is 0 Å². The summed E-state index contributed by atoms with van der Waals surface area (Å²) in [5.74, 6) is -0.163. The van der Waals surface area contributed by atoms with Crippen molar-refractivity contribution in [3.8, 4) is 5.69 Å². The smallest absolute Gasteiger partial charge is 0.256 e. The zero-order chi connectivity index (χ0) is 20.7. The van der Waals surface area contributed by atoms with Crippen molar-refractivity contribution in [3.05, 3.63) is 95.0 Å². The Balaban J connectivity index is 1.46. The van der Waals surface area contributed by atoms with Gasteiger partial charge in [-0.1, -0.05) is 54.1 Å². The molecule has 1 heterocycles. The fourth-order valence-corrected chi connectivity index (χ4v) is 3.61. The fourth-order valence-electron chi connectivity index (χ4n) is 3.44. The van der Waals surface area contributed by atoms with Crippen LogP contribution in [0.4, 0.5) is 5.69 Å². The van der Waals surface area contributed by atoms with Gasteiger partial charge in [0.05, 0.1) is 5.69 Å². The summed E-state index contributed by atoms with van der Waals surface area (Å²) in [5, 5.41) is 14.6. The minimum atomic E-state index is -0.163. The van der Waals surface area contributed by atoms with Crippen LogP contribution in [0.3, 0.4) is 0 Å². The molecule has 0 aliphatic rings. The number of aryl methyl sites for hydroxylation is 1. The van der Waals surface area contributed by atoms with E-state index in [9.17, 15) is 4.79 Å². The molecule has 30 heavy (non-hydrogen) atoms. The average Bonchev–Trinajstić information content (AvgIpc) is 3.18. The lowest BCUT2D eigenvalue weighted by molar-refractivity contribution is 0.102. The molecule has 5 nitrogen and oxygen atoms in total. The van der Waals surface area contributed by atoms with Gasteiger partial charge >= 0.3 is 0 Å². The second-order valence-electron chi connectivity index (χ2n) is 7.11. The van der Waals surface area contributed by atoms with E-state index in [0.717, 1.165) is 27.5 Å². The Hall–Kier alpha value is -3.70. The van der Waals surface area contributed by atoms with Gasteiger partial charge in [-0.2, -0.15) is 4.80 Å². The first-order chi connectivity index (χ1) is 14.6. The lowest BCUT2D eigenvalue weighted by Gasteiger charge is -2.08. The number of anilines is 1. The molecule has 0 atom stereocenters. The highest BCUT2D eigenvalue weighted by Crippen LogP contribution is 2.23. The number of fused-ring (bicyclic) bond motifs is 2. The predicted molar refractivity (Wildman–Crippen MR) is 121 cm³/mol. The fraction of sp³-hybridized carbons (Fsp3) is 0.0417. The third kappa shape index (κ3) is 3.29. The van der Waals surface area contributed by atoms with Crippen LogP contribution < -0.4 is 5.32 Å². The summed E-state index contributed by atoms with van der Waals surface area (Å²) in [6.07, 6.45) is 0. The Morgan fingerprint density at radius 2 is 1.70 bits per heavy atom. The van der Waals surface area contributed by atoms with E-state index < -0.39 is 0 Å². The maximum absolute atomic E-state index is 12.9. The summed E-state index contributed by atoms with van der Waals surface area (Å²) in [6.45, 7) is 1.95. The number of nitrogens with zero attached hydrogens (tertiary/aromatic N) is 3. The second-order valence-corrected chi connectivity index (χ2v) is 7.51. The molecule has 0 aliphatic heterocycles. The zero-order valence-electron chi connectivity index (χ0n) is 16.1. The van der Waals surface area contributed by atoms with Crippen molar-refractivity contribution in [2.45, 2.75) is 6.92 Å². The maximum atomic E-state index is 12.9. The predicted octanol–water partition coefficient (Wildman–Crippen LogP) is 5.79. The summed E-state index contributed by atoms with van der Waals surface area (Å²) in [5.41, 5.74) is 4.48. The van der Waals surface area contributed by atoms with Gasteiger partial charge in [0.15, 0.2) is 0 Å². The van der Waals surface area contributed by atoms with Gasteiger partial charge in [-0.3, -0.25) is 4.79 Å². The van der Waals surface area contributed by atoms with Crippen molar-refractivity contribution in [2.75, 3.05) is 5.32 Å². The number of carbonyl (C=O) groups excluding carboxylic acids is 1. The summed E-state index contributed by atoms with van der Waals surface area (Å²) >= 11 is 6.23. The van der Waals surface area contributed by atoms with Gasteiger partial charge in [0.2, 0.25) is 0 Å². The molecule has 6 heteroatoms. The molecule has 0 spiro atoms. The molecule has 0 saturated carbocycles. The normalized spacial score (nSPS) is 11.1. The van der Waals surface area contributed by atoms with Gasteiger partial charge < -0.3 is 5.32 Å². The largest absolute Gasteiger partial charge is 0.322 e. The second kappa shape index (κ2) is 7.28. The first-order valence-corrected chi connectivity index (χ1v) is 9.89. The van der Waals surface area contributed by atoms with Crippen LogP contribution >= 0.6 is 11.6 Å². The van der Waals surface area contributed by atoms with E-state index in [1.165, 1.54) is 0 Å². The van der Waals surface area contributed by atoms with Crippen molar-refractivity contribution in [1.29, 1.82) is 0 Å². The monoisotopic (exact) mass is 412 g/mol. The van der Waals surface area contributed by atoms with E-state index in [2.05, 4.69) is 15.5 Å². The topological polar surface area (TPSA) is 59.8 Å². The average molecular weight is 413 g/mol. The van der Waals surface area contributed by atoms with Crippen LogP contribution in [-0.2, 0) is 0 Å². The first kappa shape index (κ1) is 18.3. The molecule has 0 saturated heterocycles. The molecule has 0 fully saturated rings. The van der Waals surface area contributed by atoms with Crippen LogP contribution in [0.1, 0.15) is 15.9 Å². The number of hydrogen-bond donors (Lipinski definition) is 1. The van der Waals surface area contributed by atoms with Gasteiger partial charge in [-0.25, -0.2) is 0 Å². The zero-order valence-corrected chi connectivity index (χ0v) is 16.9. The summed E-state index contributed by atoms with van der Waals surface area (Å²) in [6, 6.07) is 24.7. The van der Waals surface area contributed by atoms with Crippen LogP contribution in [0.2, 0.25) is 5.02 Å². The van der Waals surface area contributed by atoms with Crippen LogP contribution in [0.15, 0.2) is 78.9 Å². The molecule has 0 unspecified atom stereocenters. The molecule has 4 aromatic carbocycles. The molecule has 1 N–H and O–H groups in total. The van der Waals surface area contributed by atoms with Gasteiger partial charge in [-0.05, 0) is 59.7 Å². The Kier molecular flexibility index (Phi) is 4.45. The van der Waals surface area contributed by atoms with Crippen LogP contribution in [0, 0.1) is 6.92 Å². The van der Waals surface area contributed by atoms with Crippen molar-refractivity contribution < 1.29 is 4.79 Å². The van der Waals surface area contributed by atoms with Crippen LogP contribution in [-0.4, -0.2) is 20.9 Å². The molecule has 1 aromatic heterocycles. The summed E-state index contributed by atoms with van der Waals surface area (Å²) in [4.78, 5) is 14.4. The first-order valence-electron chi connectivity index (χ1n) is 9.51. The molecular weight excluding hydrogens is 396 g/mol. The molecular formula is C24H17ClN4O. The molecule has 0 aliphatic carbocycles. The van der Waals surface area contributed by atoms with E-state index in [1.807, 2.05) is 85.8 Å². The third-order valence-corrected chi connectivity index (χ3v) is 5.47. The Labute approximate surface area is 177 Å². The van der Waals surface area contributed by atoms with Crippen molar-refractivity contribution in [1.82, 2.24) is 15.0 Å². The quantitative estimate of drug-likeness (QED) is 0.408. The number of nitrogens with one attached hydrogen (secondary N) is 1. The van der Waals surface area contributed by atoms with E-state index >= 15 is 0 Å². The number of benzene rings is 4. The molecule has 0 radical (unpaired) electrons. The van der Waals surface area contributed by atoms with E-state index in [-0.39, 0.29) is 5.91 Å². The maximum Gasteiger partial charge on any atom is 0.256 e. The lowest BCUT2D eigenvalue weighted by atomic mass is 10.0. The van der Waals surface area contributed by atoms with Gasteiger partial charge in [0.1, 0.15) is 11.0 Å². The molecule has 5 aromatic rings. The minimum Gasteiger partial charge on any atom is -0.322 e. The highest BCUT2D eigenvalue weighted by atomic mass is 35.5. The number of rotatable bonds is 3. The SMILES string of the molecule is Cc1ccc(-n2nc3ccc(NC(=O)c4cccc5ccccc45)cc3n2)cc1Cl. The molecule has 146 valence electrons. The van der Waals surface area contributed by atoms with Crippen LogP contribution in [0.5, 0.6) is 0 Å². The Morgan fingerprint density at radius 1 is 0.900 bits per heavy atom. The highest BCUT2D eigenvalue weighted by molar-refractivity contribution is 6.31. The number of hydrogen-bond acceptors (Lipinski definition) is 3. The minimum absolute atomic E-state index is 0.163. The standard InChI is InChI=1S/C24H17ClN4O/c1-15-9-11-18(14-21(15)25)29-27-22-12-10-17(13-23(22)28-29)26-24(30)20-8-4-6-16-5-2-3-7-19(16)20/h2-14H,1H3,(H,26,30). The van der Waals surface area contributed by atoms with Gasteiger partial charge in [-0.15, -0.1) is 10.2 Å². The number of aromatic nitrogens is 3. The summed E-state index contributed by atoms with van der Waals surface area (Å²) in [7, 11) is 0. The Morgan fingerprint density at radius 3 is 2.57 bits per heavy atom. The van der Waals surface area contributed by atoms with Crippen LogP contribution in [0.25, 0.3) is 27.5 Å². The molecule has 5 rings (SSSR count). The molecule has 0 bridgehead atoms. The van der Waals surface area contributed by atoms with Crippen molar-refractivity contribution >= 4 is 45.0 Å². The highest BCUT2D eigenvalue weighted by Gasteiger charge is 2.12. The van der Waals surface area contributed by atoms with Gasteiger partial charge in [0, 0.05) is 16.3 Å². The number of amides is 1. The number of halogens is 1. The van der Waals surface area contributed by atoms with Gasteiger partial charge in [0.25, 0.3) is 5.91 Å². The third-order valence-electron chi connectivity index (χ3n) is 5.06. The van der Waals surface area contributed by atoms with E-state index in [0.29, 0.717) is 21.8 Å². The summed E-state index contributed by atoms with van der Waals surface area (Å²) < 4.78 is 0. The lowest BCUT2D eigenvalue weighted by Crippen LogP contribution is -2.12. The Bertz CT molecular complexity index is 1420. The van der Waals surface area contributed by atoms with E-state index in [4.69, 9.17) is 11.6 Å².